The summed E-state index contributed by atoms with van der Waals surface area (Å²) in [5.41, 5.74) is 5.04. The first-order valence-electron chi connectivity index (χ1n) is 10.2. The van der Waals surface area contributed by atoms with Gasteiger partial charge in [-0.3, -0.25) is 4.79 Å². The van der Waals surface area contributed by atoms with Gasteiger partial charge in [0.1, 0.15) is 11.4 Å². The fourth-order valence-electron chi connectivity index (χ4n) is 3.93. The maximum atomic E-state index is 12.7. The number of para-hydroxylation sites is 1. The van der Waals surface area contributed by atoms with Crippen molar-refractivity contribution in [3.8, 4) is 28.1 Å². The van der Waals surface area contributed by atoms with Gasteiger partial charge in [0, 0.05) is 28.6 Å². The third-order valence-electron chi connectivity index (χ3n) is 5.36. The van der Waals surface area contributed by atoms with E-state index in [0.717, 1.165) is 22.4 Å². The first-order chi connectivity index (χ1) is 16.1. The van der Waals surface area contributed by atoms with Crippen molar-refractivity contribution in [3.63, 3.8) is 0 Å². The Morgan fingerprint density at radius 2 is 1.71 bits per heavy atom. The van der Waals surface area contributed by atoms with E-state index in [1.165, 1.54) is 6.07 Å². The van der Waals surface area contributed by atoms with Crippen LogP contribution < -0.4 is 44.5 Å². The molecule has 5 aromatic rings. The number of benzene rings is 3. The van der Waals surface area contributed by atoms with Crippen LogP contribution in [-0.2, 0) is 6.42 Å². The van der Waals surface area contributed by atoms with E-state index in [0.29, 0.717) is 34.1 Å². The molecule has 34 heavy (non-hydrogen) atoms. The van der Waals surface area contributed by atoms with Crippen LogP contribution in [0.25, 0.3) is 28.0 Å². The van der Waals surface area contributed by atoms with Crippen LogP contribution in [0.3, 0.4) is 0 Å². The Kier molecular flexibility index (Phi) is 7.89. The van der Waals surface area contributed by atoms with E-state index in [1.54, 1.807) is 16.6 Å². The summed E-state index contributed by atoms with van der Waals surface area (Å²) in [5, 5.41) is 5.53. The third kappa shape index (κ3) is 4.98. The summed E-state index contributed by atoms with van der Waals surface area (Å²) >= 11 is 6.12. The number of nitrogens with one attached hydrogen (secondary N) is 1. The molecular formula is C25H18ClN3NaO3P. The van der Waals surface area contributed by atoms with Gasteiger partial charge in [0.2, 0.25) is 0 Å². The quantitative estimate of drug-likeness (QED) is 0.287. The number of rotatable bonds is 6. The number of halogens is 1. The number of aromatic nitrogens is 3. The molecule has 0 amide bonds. The van der Waals surface area contributed by atoms with Gasteiger partial charge in [-0.25, -0.2) is 4.52 Å². The Morgan fingerprint density at radius 1 is 1.00 bits per heavy atom. The summed E-state index contributed by atoms with van der Waals surface area (Å²) in [6, 6.07) is 26.1. The molecule has 1 N–H and O–H groups in total. The molecule has 0 radical (unpaired) electrons. The van der Waals surface area contributed by atoms with Crippen molar-refractivity contribution in [1.29, 1.82) is 0 Å². The van der Waals surface area contributed by atoms with E-state index in [9.17, 15) is 9.69 Å². The van der Waals surface area contributed by atoms with Gasteiger partial charge in [-0.2, -0.15) is 5.10 Å². The molecule has 0 saturated carbocycles. The zero-order valence-electron chi connectivity index (χ0n) is 18.3. The van der Waals surface area contributed by atoms with Crippen LogP contribution in [0.2, 0.25) is 5.02 Å². The Balaban J connectivity index is 0.00000274. The van der Waals surface area contributed by atoms with Gasteiger partial charge in [0.25, 0.3) is 5.56 Å². The first-order valence-corrected chi connectivity index (χ1v) is 11.4. The Morgan fingerprint density at radius 3 is 2.44 bits per heavy atom. The summed E-state index contributed by atoms with van der Waals surface area (Å²) < 4.78 is 7.02. The molecule has 2 aromatic heterocycles. The molecule has 0 aliphatic carbocycles. The van der Waals surface area contributed by atoms with Crippen LogP contribution in [0.1, 0.15) is 11.3 Å². The van der Waals surface area contributed by atoms with Gasteiger partial charge in [-0.05, 0) is 44.4 Å². The smallest absolute Gasteiger partial charge is 0.801 e. The number of nitrogens with zero attached hydrogens (tertiary/aromatic N) is 2. The minimum atomic E-state index is -0.967. The van der Waals surface area contributed by atoms with Gasteiger partial charge in [-0.1, -0.05) is 66.2 Å². The van der Waals surface area contributed by atoms with E-state index in [1.807, 2.05) is 66.7 Å². The van der Waals surface area contributed by atoms with Crippen LogP contribution in [0.15, 0.2) is 89.7 Å². The van der Waals surface area contributed by atoms with Gasteiger partial charge < -0.3 is 14.4 Å². The van der Waals surface area contributed by atoms with Gasteiger partial charge in [0.15, 0.2) is 0 Å². The molecule has 1 unspecified atom stereocenters. The van der Waals surface area contributed by atoms with Crippen molar-refractivity contribution in [3.05, 3.63) is 112 Å². The maximum Gasteiger partial charge on any atom is 1.00 e. The van der Waals surface area contributed by atoms with Crippen LogP contribution in [0.4, 0.5) is 0 Å². The average Bonchev–Trinajstić information content (AvgIpc) is 3.18. The Bertz CT molecular complexity index is 1490. The van der Waals surface area contributed by atoms with Crippen LogP contribution in [-0.4, -0.2) is 14.6 Å². The number of hydrogen-bond acceptors (Lipinski definition) is 4. The van der Waals surface area contributed by atoms with Gasteiger partial charge >= 0.3 is 29.6 Å². The van der Waals surface area contributed by atoms with Crippen molar-refractivity contribution in [2.45, 2.75) is 6.42 Å². The minimum Gasteiger partial charge on any atom is -0.801 e. The minimum absolute atomic E-state index is 0. The summed E-state index contributed by atoms with van der Waals surface area (Å²) in [6.45, 7) is 0. The zero-order chi connectivity index (χ0) is 22.8. The summed E-state index contributed by atoms with van der Waals surface area (Å²) in [7, 11) is -0.967. The molecule has 0 spiro atoms. The molecule has 1 atom stereocenters. The van der Waals surface area contributed by atoms with E-state index >= 15 is 0 Å². The molecule has 6 nitrogen and oxygen atoms in total. The van der Waals surface area contributed by atoms with Crippen LogP contribution in [0, 0.1) is 0 Å². The van der Waals surface area contributed by atoms with E-state index in [-0.39, 0.29) is 35.1 Å². The molecule has 0 aliphatic heterocycles. The normalized spacial score (nSPS) is 11.1. The summed E-state index contributed by atoms with van der Waals surface area (Å²) in [4.78, 5) is 26.9. The van der Waals surface area contributed by atoms with Gasteiger partial charge in [-0.15, -0.1) is 0 Å². The number of aromatic amines is 1. The maximum absolute atomic E-state index is 12.7. The molecule has 164 valence electrons. The van der Waals surface area contributed by atoms with Crippen molar-refractivity contribution in [2.24, 2.45) is 0 Å². The predicted molar refractivity (Wildman–Crippen MR) is 130 cm³/mol. The zero-order valence-corrected chi connectivity index (χ0v) is 22.0. The second-order valence-corrected chi connectivity index (χ2v) is 8.26. The Labute approximate surface area is 224 Å². The predicted octanol–water partition coefficient (Wildman–Crippen LogP) is 1.85. The Hall–Kier alpha value is -2.44. The first kappa shape index (κ1) is 24.7. The topological polar surface area (TPSA) is 82.4 Å². The fourth-order valence-corrected chi connectivity index (χ4v) is 4.32. The molecule has 0 fully saturated rings. The summed E-state index contributed by atoms with van der Waals surface area (Å²) in [6.07, 6.45) is 0.571. The molecule has 3 aromatic carbocycles. The molecular weight excluding hydrogens is 480 g/mol. The SMILES string of the molecule is O=c1cc(-c2ccccc2OP[O-])n2nc(Cc3ccccc3)c(-c3ccc(Cl)cc3)c2[nH]1.[Na+]. The average molecular weight is 498 g/mol. The fraction of sp³-hybridized carbons (Fsp3) is 0.0400. The van der Waals surface area contributed by atoms with Gasteiger partial charge in [0.05, 0.1) is 11.4 Å². The standard InChI is InChI=1S/C25H18ClN3O3P.Na/c26-18-12-10-17(11-13-18)24-20(14-16-6-2-1-3-7-16)28-29-21(15-23(30)27-25(24)29)19-8-4-5-9-22(19)32-33-31;/h1-13,15,33H,14H2,(H,27,30);/q-1;+1. The van der Waals surface area contributed by atoms with Crippen molar-refractivity contribution >= 4 is 26.3 Å². The van der Waals surface area contributed by atoms with E-state index < -0.39 is 9.03 Å². The second-order valence-electron chi connectivity index (χ2n) is 7.45. The molecule has 0 aliphatic rings. The molecule has 9 heteroatoms. The molecule has 2 heterocycles. The van der Waals surface area contributed by atoms with E-state index in [4.69, 9.17) is 21.2 Å². The van der Waals surface area contributed by atoms with E-state index in [2.05, 4.69) is 4.98 Å². The molecule has 5 rings (SSSR count). The number of fused-ring (bicyclic) bond motifs is 1. The van der Waals surface area contributed by atoms with Crippen molar-refractivity contribution in [2.75, 3.05) is 0 Å². The molecule has 0 bridgehead atoms. The van der Waals surface area contributed by atoms with Crippen LogP contribution in [0.5, 0.6) is 5.75 Å². The van der Waals surface area contributed by atoms with Crippen LogP contribution >= 0.6 is 20.6 Å². The second kappa shape index (κ2) is 10.9. The monoisotopic (exact) mass is 497 g/mol. The third-order valence-corrected chi connectivity index (χ3v) is 5.91. The van der Waals surface area contributed by atoms with Crippen molar-refractivity contribution < 1.29 is 39.0 Å². The largest absolute Gasteiger partial charge is 1.00 e. The number of hydrogen-bond donors (Lipinski definition) is 1. The number of H-pyrrole nitrogens is 1. The van der Waals surface area contributed by atoms with Crippen molar-refractivity contribution in [1.82, 2.24) is 14.6 Å². The summed E-state index contributed by atoms with van der Waals surface area (Å²) in [5.74, 6) is 0.408. The molecule has 0 saturated heterocycles.